The average Bonchev–Trinajstić information content (AvgIpc) is 1.97. The van der Waals surface area contributed by atoms with E-state index in [1.54, 1.807) is 0 Å². The van der Waals surface area contributed by atoms with E-state index in [9.17, 15) is 4.79 Å². The van der Waals surface area contributed by atoms with Crippen LogP contribution < -0.4 is 0 Å². The molecule has 0 saturated heterocycles. The Morgan fingerprint density at radius 2 is 2.18 bits per heavy atom. The fourth-order valence-electron chi connectivity index (χ4n) is 0.446. The van der Waals surface area contributed by atoms with Gasteiger partial charge in [-0.25, -0.2) is 4.79 Å². The van der Waals surface area contributed by atoms with E-state index in [2.05, 4.69) is 13.2 Å². The van der Waals surface area contributed by atoms with E-state index in [1.165, 1.54) is 12.2 Å². The molecule has 0 aliphatic heterocycles. The summed E-state index contributed by atoms with van der Waals surface area (Å²) in [6.07, 6.45) is 1.78. The van der Waals surface area contributed by atoms with Crippen LogP contribution in [0.15, 0.2) is 25.3 Å². The Morgan fingerprint density at radius 1 is 1.55 bits per heavy atom. The first-order valence-electron chi connectivity index (χ1n) is 3.07. The predicted molar refractivity (Wildman–Crippen MR) is 41.1 cm³/mol. The van der Waals surface area contributed by atoms with Crippen LogP contribution in [-0.4, -0.2) is 29.4 Å². The van der Waals surface area contributed by atoms with Crippen LogP contribution in [0.4, 0.5) is 4.79 Å². The van der Waals surface area contributed by atoms with Crippen LogP contribution in [0.5, 0.6) is 0 Å². The molecular formula is C7H11NO3. The summed E-state index contributed by atoms with van der Waals surface area (Å²) in [5.41, 5.74) is 0. The topological polar surface area (TPSA) is 49.8 Å². The van der Waals surface area contributed by atoms with Gasteiger partial charge in [-0.05, 0) is 0 Å². The van der Waals surface area contributed by atoms with E-state index in [-0.39, 0.29) is 13.2 Å². The Labute approximate surface area is 65.3 Å². The molecule has 0 aromatic carbocycles. The van der Waals surface area contributed by atoms with Gasteiger partial charge >= 0.3 is 6.09 Å². The normalized spacial score (nSPS) is 8.73. The highest BCUT2D eigenvalue weighted by atomic mass is 16.7. The Hall–Kier alpha value is -1.29. The summed E-state index contributed by atoms with van der Waals surface area (Å²) in [7, 11) is 0. The molecule has 11 heavy (non-hydrogen) atoms. The summed E-state index contributed by atoms with van der Waals surface area (Å²) in [4.78, 5) is 15.1. The highest BCUT2D eigenvalue weighted by Gasteiger charge is 2.08. The summed E-state index contributed by atoms with van der Waals surface area (Å²) in [5, 5.41) is 9.24. The minimum absolute atomic E-state index is 0.156. The van der Waals surface area contributed by atoms with Crippen LogP contribution in [0.3, 0.4) is 0 Å². The number of hydroxylamine groups is 2. The molecule has 0 saturated carbocycles. The zero-order chi connectivity index (χ0) is 8.69. The van der Waals surface area contributed by atoms with Gasteiger partial charge in [0.2, 0.25) is 0 Å². The molecule has 0 aliphatic rings. The molecule has 4 heteroatoms. The maximum absolute atomic E-state index is 10.3. The third-order valence-electron chi connectivity index (χ3n) is 0.856. The molecule has 0 rings (SSSR count). The molecule has 0 radical (unpaired) electrons. The third kappa shape index (κ3) is 4.16. The molecule has 0 fully saturated rings. The van der Waals surface area contributed by atoms with E-state index in [0.717, 1.165) is 5.06 Å². The van der Waals surface area contributed by atoms with E-state index in [4.69, 9.17) is 9.94 Å². The van der Waals surface area contributed by atoms with Gasteiger partial charge in [0.25, 0.3) is 0 Å². The lowest BCUT2D eigenvalue weighted by molar-refractivity contribution is -0.111. The van der Waals surface area contributed by atoms with Gasteiger partial charge in [0.05, 0.1) is 13.2 Å². The standard InChI is InChI=1S/C7H11NO3/c1-3-5-8(7(9)10)11-6-4-2/h3-4H,1-2,5-6H2,(H,9,10). The minimum Gasteiger partial charge on any atom is -0.463 e. The van der Waals surface area contributed by atoms with Crippen LogP contribution in [0.2, 0.25) is 0 Å². The van der Waals surface area contributed by atoms with Crippen molar-refractivity contribution in [2.45, 2.75) is 0 Å². The molecular weight excluding hydrogens is 146 g/mol. The molecule has 0 heterocycles. The summed E-state index contributed by atoms with van der Waals surface area (Å²) in [6, 6.07) is 0. The van der Waals surface area contributed by atoms with Gasteiger partial charge in [0.1, 0.15) is 0 Å². The van der Waals surface area contributed by atoms with Gasteiger partial charge in [-0.15, -0.1) is 13.2 Å². The highest BCUT2D eigenvalue weighted by molar-refractivity contribution is 5.63. The van der Waals surface area contributed by atoms with Crippen molar-refractivity contribution in [3.05, 3.63) is 25.3 Å². The molecule has 1 amide bonds. The zero-order valence-electron chi connectivity index (χ0n) is 6.19. The number of hydrogen-bond donors (Lipinski definition) is 1. The Kier molecular flexibility index (Phi) is 4.85. The molecule has 0 unspecified atom stereocenters. The quantitative estimate of drug-likeness (QED) is 0.483. The fraction of sp³-hybridized carbons (Fsp3) is 0.286. The van der Waals surface area contributed by atoms with E-state index in [0.29, 0.717) is 0 Å². The van der Waals surface area contributed by atoms with Crippen molar-refractivity contribution in [3.63, 3.8) is 0 Å². The van der Waals surface area contributed by atoms with Crippen LogP contribution >= 0.6 is 0 Å². The van der Waals surface area contributed by atoms with Gasteiger partial charge < -0.3 is 5.11 Å². The van der Waals surface area contributed by atoms with E-state index < -0.39 is 6.09 Å². The van der Waals surface area contributed by atoms with E-state index in [1.807, 2.05) is 0 Å². The molecule has 0 aliphatic carbocycles. The molecule has 62 valence electrons. The number of carboxylic acid groups (broad SMARTS) is 1. The SMILES string of the molecule is C=CCON(CC=C)C(=O)O. The first kappa shape index (κ1) is 9.71. The highest BCUT2D eigenvalue weighted by Crippen LogP contribution is 1.91. The third-order valence-corrected chi connectivity index (χ3v) is 0.856. The molecule has 0 aromatic heterocycles. The lowest BCUT2D eigenvalue weighted by Crippen LogP contribution is -2.29. The van der Waals surface area contributed by atoms with Crippen molar-refractivity contribution in [1.29, 1.82) is 0 Å². The predicted octanol–water partition coefficient (Wildman–Crippen LogP) is 1.27. The fourth-order valence-corrected chi connectivity index (χ4v) is 0.446. The monoisotopic (exact) mass is 157 g/mol. The van der Waals surface area contributed by atoms with Crippen LogP contribution in [0.1, 0.15) is 0 Å². The van der Waals surface area contributed by atoms with Crippen molar-refractivity contribution < 1.29 is 14.7 Å². The largest absolute Gasteiger partial charge is 0.463 e. The van der Waals surface area contributed by atoms with Gasteiger partial charge in [0.15, 0.2) is 0 Å². The zero-order valence-corrected chi connectivity index (χ0v) is 6.19. The number of carbonyl (C=O) groups is 1. The molecule has 0 bridgehead atoms. The van der Waals surface area contributed by atoms with Crippen LogP contribution in [0, 0.1) is 0 Å². The van der Waals surface area contributed by atoms with Gasteiger partial charge in [-0.1, -0.05) is 12.2 Å². The molecule has 4 nitrogen and oxygen atoms in total. The number of nitrogens with zero attached hydrogens (tertiary/aromatic N) is 1. The van der Waals surface area contributed by atoms with Crippen LogP contribution in [-0.2, 0) is 4.84 Å². The summed E-state index contributed by atoms with van der Waals surface area (Å²) in [5.74, 6) is 0. The van der Waals surface area contributed by atoms with Crippen molar-refractivity contribution in [2.24, 2.45) is 0 Å². The lowest BCUT2D eigenvalue weighted by atomic mass is 10.6. The molecule has 0 spiro atoms. The number of rotatable bonds is 5. The second-order valence-corrected chi connectivity index (χ2v) is 1.72. The minimum atomic E-state index is -1.13. The lowest BCUT2D eigenvalue weighted by Gasteiger charge is -2.14. The summed E-state index contributed by atoms with van der Waals surface area (Å²) in [6.45, 7) is 7.10. The average molecular weight is 157 g/mol. The number of amides is 1. The second kappa shape index (κ2) is 5.49. The van der Waals surface area contributed by atoms with E-state index >= 15 is 0 Å². The number of hydrogen-bond acceptors (Lipinski definition) is 2. The smallest absolute Gasteiger partial charge is 0.431 e. The maximum atomic E-state index is 10.3. The van der Waals surface area contributed by atoms with Crippen molar-refractivity contribution in [2.75, 3.05) is 13.2 Å². The summed E-state index contributed by atoms with van der Waals surface area (Å²) >= 11 is 0. The van der Waals surface area contributed by atoms with Crippen molar-refractivity contribution in [1.82, 2.24) is 5.06 Å². The maximum Gasteiger partial charge on any atom is 0.431 e. The van der Waals surface area contributed by atoms with Crippen molar-refractivity contribution in [3.8, 4) is 0 Å². The summed E-state index contributed by atoms with van der Waals surface area (Å²) < 4.78 is 0. The Morgan fingerprint density at radius 3 is 2.55 bits per heavy atom. The molecule has 0 aromatic rings. The first-order valence-corrected chi connectivity index (χ1v) is 3.07. The first-order chi connectivity index (χ1) is 5.22. The van der Waals surface area contributed by atoms with Gasteiger partial charge in [-0.3, -0.25) is 4.84 Å². The van der Waals surface area contributed by atoms with Gasteiger partial charge in [0, 0.05) is 0 Å². The van der Waals surface area contributed by atoms with Crippen LogP contribution in [0.25, 0.3) is 0 Å². The Bertz CT molecular complexity index is 156. The molecule has 0 atom stereocenters. The Balaban J connectivity index is 3.77. The second-order valence-electron chi connectivity index (χ2n) is 1.72. The van der Waals surface area contributed by atoms with Crippen molar-refractivity contribution >= 4 is 6.09 Å². The van der Waals surface area contributed by atoms with Gasteiger partial charge in [-0.2, -0.15) is 5.06 Å². The molecule has 1 N–H and O–H groups in total.